The molecule has 1 fully saturated rings. The van der Waals surface area contributed by atoms with Gasteiger partial charge in [-0.25, -0.2) is 4.98 Å². The summed E-state index contributed by atoms with van der Waals surface area (Å²) in [5, 5.41) is 9.48. The van der Waals surface area contributed by atoms with Gasteiger partial charge >= 0.3 is 0 Å². The smallest absolute Gasteiger partial charge is 0.223 e. The van der Waals surface area contributed by atoms with E-state index in [1.54, 1.807) is 17.5 Å². The summed E-state index contributed by atoms with van der Waals surface area (Å²) >= 11 is 1.62. The summed E-state index contributed by atoms with van der Waals surface area (Å²) in [5.74, 6) is 0.325. The molecule has 0 spiro atoms. The molecule has 2 atom stereocenters. The zero-order chi connectivity index (χ0) is 16.1. The number of amides is 1. The minimum atomic E-state index is 0.145. The Kier molecular flexibility index (Phi) is 5.35. The molecule has 2 aromatic heterocycles. The van der Waals surface area contributed by atoms with Crippen molar-refractivity contribution in [2.75, 3.05) is 13.1 Å². The van der Waals surface area contributed by atoms with Crippen LogP contribution in [-0.4, -0.2) is 35.0 Å². The Bertz CT molecular complexity index is 643. The summed E-state index contributed by atoms with van der Waals surface area (Å²) in [5.41, 5.74) is 1.80. The van der Waals surface area contributed by atoms with Crippen molar-refractivity contribution >= 4 is 17.2 Å². The van der Waals surface area contributed by atoms with Crippen LogP contribution in [-0.2, 0) is 11.2 Å². The SMILES string of the molecule is C[C@H]1C[C@@H](C(=O)NCCc2nc(-c3ccccn3)cs2)CCN1. The molecule has 1 aliphatic heterocycles. The number of hydrogen-bond donors (Lipinski definition) is 2. The maximum absolute atomic E-state index is 12.2. The van der Waals surface area contributed by atoms with E-state index >= 15 is 0 Å². The van der Waals surface area contributed by atoms with Crippen molar-refractivity contribution in [2.45, 2.75) is 32.2 Å². The Morgan fingerprint density at radius 2 is 2.35 bits per heavy atom. The van der Waals surface area contributed by atoms with Crippen LogP contribution in [0.15, 0.2) is 29.8 Å². The summed E-state index contributed by atoms with van der Waals surface area (Å²) in [7, 11) is 0. The number of nitrogens with one attached hydrogen (secondary N) is 2. The molecule has 0 unspecified atom stereocenters. The Labute approximate surface area is 140 Å². The summed E-state index contributed by atoms with van der Waals surface area (Å²) in [6, 6.07) is 6.24. The molecule has 1 amide bonds. The van der Waals surface area contributed by atoms with Gasteiger partial charge in [-0.3, -0.25) is 9.78 Å². The molecular formula is C17H22N4OS. The average molecular weight is 330 g/mol. The van der Waals surface area contributed by atoms with Crippen LogP contribution >= 0.6 is 11.3 Å². The van der Waals surface area contributed by atoms with Gasteiger partial charge in [-0.1, -0.05) is 6.07 Å². The maximum Gasteiger partial charge on any atom is 0.223 e. The first-order chi connectivity index (χ1) is 11.2. The van der Waals surface area contributed by atoms with E-state index in [1.807, 2.05) is 23.6 Å². The molecule has 0 aromatic carbocycles. The first-order valence-corrected chi connectivity index (χ1v) is 8.97. The number of piperidine rings is 1. The van der Waals surface area contributed by atoms with Crippen molar-refractivity contribution in [3.05, 3.63) is 34.8 Å². The lowest BCUT2D eigenvalue weighted by Gasteiger charge is -2.27. The second-order valence-corrected chi connectivity index (χ2v) is 6.90. The van der Waals surface area contributed by atoms with Crippen LogP contribution < -0.4 is 10.6 Å². The fourth-order valence-electron chi connectivity index (χ4n) is 2.86. The van der Waals surface area contributed by atoms with Crippen molar-refractivity contribution < 1.29 is 4.79 Å². The van der Waals surface area contributed by atoms with Crippen molar-refractivity contribution in [3.8, 4) is 11.4 Å². The van der Waals surface area contributed by atoms with Gasteiger partial charge in [-0.15, -0.1) is 11.3 Å². The van der Waals surface area contributed by atoms with Crippen LogP contribution in [0.25, 0.3) is 11.4 Å². The lowest BCUT2D eigenvalue weighted by Crippen LogP contribution is -2.42. The van der Waals surface area contributed by atoms with Crippen LogP contribution in [0, 0.1) is 5.92 Å². The molecule has 6 heteroatoms. The highest BCUT2D eigenvalue weighted by Gasteiger charge is 2.24. The van der Waals surface area contributed by atoms with Crippen LogP contribution in [0.2, 0.25) is 0 Å². The molecule has 2 aromatic rings. The molecular weight excluding hydrogens is 308 g/mol. The fraction of sp³-hybridized carbons (Fsp3) is 0.471. The molecule has 3 heterocycles. The normalized spacial score (nSPS) is 21.1. The van der Waals surface area contributed by atoms with Gasteiger partial charge < -0.3 is 10.6 Å². The predicted molar refractivity (Wildman–Crippen MR) is 92.2 cm³/mol. The fourth-order valence-corrected chi connectivity index (χ4v) is 3.66. The van der Waals surface area contributed by atoms with E-state index in [0.717, 1.165) is 42.2 Å². The average Bonchev–Trinajstić information content (AvgIpc) is 3.04. The third kappa shape index (κ3) is 4.36. The number of aromatic nitrogens is 2. The Balaban J connectivity index is 1.47. The second kappa shape index (κ2) is 7.66. The van der Waals surface area contributed by atoms with E-state index in [9.17, 15) is 4.79 Å². The highest BCUT2D eigenvalue weighted by Crippen LogP contribution is 2.20. The molecule has 23 heavy (non-hydrogen) atoms. The molecule has 0 radical (unpaired) electrons. The van der Waals surface area contributed by atoms with Gasteiger partial charge in [0.25, 0.3) is 0 Å². The van der Waals surface area contributed by atoms with Gasteiger partial charge in [0.2, 0.25) is 5.91 Å². The topological polar surface area (TPSA) is 66.9 Å². The van der Waals surface area contributed by atoms with E-state index < -0.39 is 0 Å². The molecule has 0 bridgehead atoms. The summed E-state index contributed by atoms with van der Waals surface area (Å²) in [6.07, 6.45) is 4.39. The zero-order valence-corrected chi connectivity index (χ0v) is 14.1. The molecule has 0 saturated carbocycles. The van der Waals surface area contributed by atoms with E-state index in [1.165, 1.54) is 0 Å². The lowest BCUT2D eigenvalue weighted by atomic mass is 9.92. The summed E-state index contributed by atoms with van der Waals surface area (Å²) < 4.78 is 0. The highest BCUT2D eigenvalue weighted by molar-refractivity contribution is 7.09. The molecule has 3 rings (SSSR count). The number of carbonyl (C=O) groups is 1. The second-order valence-electron chi connectivity index (χ2n) is 5.96. The minimum Gasteiger partial charge on any atom is -0.355 e. The maximum atomic E-state index is 12.2. The van der Waals surface area contributed by atoms with Gasteiger partial charge in [0, 0.05) is 36.5 Å². The van der Waals surface area contributed by atoms with Crippen molar-refractivity contribution in [1.29, 1.82) is 0 Å². The number of pyridine rings is 1. The van der Waals surface area contributed by atoms with Crippen LogP contribution in [0.5, 0.6) is 0 Å². The first kappa shape index (κ1) is 16.1. The lowest BCUT2D eigenvalue weighted by molar-refractivity contribution is -0.126. The molecule has 2 N–H and O–H groups in total. The van der Waals surface area contributed by atoms with Crippen LogP contribution in [0.4, 0.5) is 0 Å². The van der Waals surface area contributed by atoms with E-state index in [2.05, 4.69) is 27.5 Å². The van der Waals surface area contributed by atoms with Crippen LogP contribution in [0.1, 0.15) is 24.8 Å². The van der Waals surface area contributed by atoms with Crippen molar-refractivity contribution in [2.24, 2.45) is 5.92 Å². The highest BCUT2D eigenvalue weighted by atomic mass is 32.1. The Hall–Kier alpha value is -1.79. The minimum absolute atomic E-state index is 0.145. The predicted octanol–water partition coefficient (Wildman–Crippen LogP) is 2.25. The molecule has 1 saturated heterocycles. The third-order valence-electron chi connectivity index (χ3n) is 4.11. The number of carbonyl (C=O) groups excluding carboxylic acids is 1. The van der Waals surface area contributed by atoms with Gasteiger partial charge in [0.05, 0.1) is 16.4 Å². The number of hydrogen-bond acceptors (Lipinski definition) is 5. The van der Waals surface area contributed by atoms with Crippen molar-refractivity contribution in [1.82, 2.24) is 20.6 Å². The monoisotopic (exact) mass is 330 g/mol. The first-order valence-electron chi connectivity index (χ1n) is 8.09. The van der Waals surface area contributed by atoms with E-state index in [0.29, 0.717) is 12.6 Å². The largest absolute Gasteiger partial charge is 0.355 e. The molecule has 5 nitrogen and oxygen atoms in total. The van der Waals surface area contributed by atoms with Gasteiger partial charge in [-0.2, -0.15) is 0 Å². The zero-order valence-electron chi connectivity index (χ0n) is 13.3. The molecule has 0 aliphatic carbocycles. The van der Waals surface area contributed by atoms with E-state index in [4.69, 9.17) is 0 Å². The third-order valence-corrected chi connectivity index (χ3v) is 5.02. The van der Waals surface area contributed by atoms with E-state index in [-0.39, 0.29) is 11.8 Å². The quantitative estimate of drug-likeness (QED) is 0.882. The summed E-state index contributed by atoms with van der Waals surface area (Å²) in [6.45, 7) is 3.71. The number of thiazole rings is 1. The van der Waals surface area contributed by atoms with Gasteiger partial charge in [0.15, 0.2) is 0 Å². The molecule has 1 aliphatic rings. The van der Waals surface area contributed by atoms with Gasteiger partial charge in [0.1, 0.15) is 0 Å². The Morgan fingerprint density at radius 1 is 1.43 bits per heavy atom. The Morgan fingerprint density at radius 3 is 3.13 bits per heavy atom. The summed E-state index contributed by atoms with van der Waals surface area (Å²) in [4.78, 5) is 21.1. The van der Waals surface area contributed by atoms with Crippen molar-refractivity contribution in [3.63, 3.8) is 0 Å². The number of nitrogens with zero attached hydrogens (tertiary/aromatic N) is 2. The van der Waals surface area contributed by atoms with Crippen LogP contribution in [0.3, 0.4) is 0 Å². The van der Waals surface area contributed by atoms with Gasteiger partial charge in [-0.05, 0) is 38.4 Å². The molecule has 122 valence electrons. The standard InChI is InChI=1S/C17H22N4OS/c1-12-10-13(5-8-18-12)17(22)20-9-6-16-21-15(11-23-16)14-4-2-3-7-19-14/h2-4,7,11-13,18H,5-6,8-10H2,1H3,(H,20,22)/t12-,13-/m0/s1. The number of rotatable bonds is 5.